The van der Waals surface area contributed by atoms with E-state index < -0.39 is 5.54 Å². The minimum absolute atomic E-state index is 0.116. The third-order valence-electron chi connectivity index (χ3n) is 2.59. The number of rotatable bonds is 4. The van der Waals surface area contributed by atoms with Crippen LogP contribution in [0.15, 0.2) is 6.20 Å². The first-order chi connectivity index (χ1) is 6.62. The summed E-state index contributed by atoms with van der Waals surface area (Å²) in [6, 6.07) is 0. The molecule has 1 aliphatic carbocycles. The van der Waals surface area contributed by atoms with Gasteiger partial charge in [-0.1, -0.05) is 5.21 Å². The first kappa shape index (κ1) is 9.61. The number of hydrogen-bond donors (Lipinski definition) is 2. The van der Waals surface area contributed by atoms with Crippen molar-refractivity contribution in [2.24, 2.45) is 11.7 Å². The lowest BCUT2D eigenvalue weighted by molar-refractivity contribution is 0.206. The molecule has 5 nitrogen and oxygen atoms in total. The average molecular weight is 196 g/mol. The van der Waals surface area contributed by atoms with Crippen molar-refractivity contribution in [2.75, 3.05) is 6.61 Å². The lowest BCUT2D eigenvalue weighted by Gasteiger charge is -2.17. The quantitative estimate of drug-likeness (QED) is 0.702. The molecule has 0 radical (unpaired) electrons. The molecule has 0 bridgehead atoms. The monoisotopic (exact) mass is 196 g/mol. The number of aliphatic hydroxyl groups excluding tert-OH is 1. The van der Waals surface area contributed by atoms with Crippen LogP contribution < -0.4 is 5.73 Å². The van der Waals surface area contributed by atoms with E-state index in [0.29, 0.717) is 5.69 Å². The Kier molecular flexibility index (Phi) is 2.28. The van der Waals surface area contributed by atoms with Crippen LogP contribution in [0.25, 0.3) is 0 Å². The van der Waals surface area contributed by atoms with E-state index >= 15 is 0 Å². The highest BCUT2D eigenvalue weighted by Crippen LogP contribution is 2.30. The van der Waals surface area contributed by atoms with Gasteiger partial charge in [0, 0.05) is 6.54 Å². The van der Waals surface area contributed by atoms with Crippen LogP contribution in [0.3, 0.4) is 0 Å². The molecule has 14 heavy (non-hydrogen) atoms. The Morgan fingerprint density at radius 2 is 2.43 bits per heavy atom. The Hall–Kier alpha value is -0.940. The summed E-state index contributed by atoms with van der Waals surface area (Å²) in [7, 11) is 0. The van der Waals surface area contributed by atoms with E-state index in [4.69, 9.17) is 10.8 Å². The predicted octanol–water partition coefficient (Wildman–Crippen LogP) is -0.146. The average Bonchev–Trinajstić information content (AvgIpc) is 2.81. The summed E-state index contributed by atoms with van der Waals surface area (Å²) in [5, 5.41) is 17.0. The van der Waals surface area contributed by atoms with Crippen LogP contribution in [-0.2, 0) is 12.1 Å². The molecule has 1 atom stereocenters. The zero-order valence-corrected chi connectivity index (χ0v) is 8.35. The molecule has 0 aromatic carbocycles. The standard InChI is InChI=1S/C9H16N4O/c1-9(10,6-14)8-5-13(12-11-8)4-7-2-3-7/h5,7,14H,2-4,6,10H2,1H3. The number of nitrogens with two attached hydrogens (primary N) is 1. The lowest BCUT2D eigenvalue weighted by atomic mass is 10.0. The molecule has 2 rings (SSSR count). The van der Waals surface area contributed by atoms with E-state index in [0.717, 1.165) is 12.5 Å². The minimum Gasteiger partial charge on any atom is -0.394 e. The summed E-state index contributed by atoms with van der Waals surface area (Å²) in [5.74, 6) is 0.766. The molecular formula is C9H16N4O. The SMILES string of the molecule is CC(N)(CO)c1cn(CC2CC2)nn1. The lowest BCUT2D eigenvalue weighted by Crippen LogP contribution is -2.37. The van der Waals surface area contributed by atoms with Crippen molar-refractivity contribution < 1.29 is 5.11 Å². The van der Waals surface area contributed by atoms with E-state index in [9.17, 15) is 0 Å². The number of hydrogen-bond acceptors (Lipinski definition) is 4. The van der Waals surface area contributed by atoms with Gasteiger partial charge in [0.05, 0.1) is 18.3 Å². The number of nitrogens with zero attached hydrogens (tertiary/aromatic N) is 3. The zero-order valence-electron chi connectivity index (χ0n) is 8.35. The molecule has 1 aromatic heterocycles. The Morgan fingerprint density at radius 3 is 3.00 bits per heavy atom. The first-order valence-electron chi connectivity index (χ1n) is 4.92. The van der Waals surface area contributed by atoms with Crippen LogP contribution in [-0.4, -0.2) is 26.7 Å². The van der Waals surface area contributed by atoms with Crippen LogP contribution in [0.2, 0.25) is 0 Å². The van der Waals surface area contributed by atoms with Gasteiger partial charge in [0.15, 0.2) is 0 Å². The minimum atomic E-state index is -0.776. The summed E-state index contributed by atoms with van der Waals surface area (Å²) in [4.78, 5) is 0. The highest BCUT2D eigenvalue weighted by atomic mass is 16.3. The fourth-order valence-corrected chi connectivity index (χ4v) is 1.30. The molecule has 0 spiro atoms. The third-order valence-corrected chi connectivity index (χ3v) is 2.59. The van der Waals surface area contributed by atoms with Gasteiger partial charge in [0.1, 0.15) is 5.69 Å². The van der Waals surface area contributed by atoms with E-state index in [-0.39, 0.29) is 6.61 Å². The maximum absolute atomic E-state index is 9.05. The predicted molar refractivity (Wildman–Crippen MR) is 51.4 cm³/mol. The molecule has 1 fully saturated rings. The van der Waals surface area contributed by atoms with E-state index in [1.165, 1.54) is 12.8 Å². The van der Waals surface area contributed by atoms with Crippen LogP contribution in [0.1, 0.15) is 25.5 Å². The third kappa shape index (κ3) is 1.93. The first-order valence-corrected chi connectivity index (χ1v) is 4.92. The van der Waals surface area contributed by atoms with Gasteiger partial charge in [-0.3, -0.25) is 4.68 Å². The Morgan fingerprint density at radius 1 is 1.71 bits per heavy atom. The highest BCUT2D eigenvalue weighted by Gasteiger charge is 2.26. The zero-order chi connectivity index (χ0) is 10.2. The van der Waals surface area contributed by atoms with Gasteiger partial charge < -0.3 is 10.8 Å². The Balaban J connectivity index is 2.07. The summed E-state index contributed by atoms with van der Waals surface area (Å²) in [6.07, 6.45) is 4.40. The van der Waals surface area contributed by atoms with Gasteiger partial charge in [-0.25, -0.2) is 0 Å². The maximum Gasteiger partial charge on any atom is 0.105 e. The molecule has 0 aliphatic heterocycles. The molecule has 0 saturated heterocycles. The fraction of sp³-hybridized carbons (Fsp3) is 0.778. The number of aliphatic hydroxyl groups is 1. The summed E-state index contributed by atoms with van der Waals surface area (Å²) in [6.45, 7) is 2.56. The topological polar surface area (TPSA) is 77.0 Å². The van der Waals surface area contributed by atoms with Crippen molar-refractivity contribution >= 4 is 0 Å². The molecule has 1 heterocycles. The Labute approximate surface area is 82.9 Å². The maximum atomic E-state index is 9.05. The molecule has 1 aliphatic rings. The van der Waals surface area contributed by atoms with E-state index in [1.54, 1.807) is 6.92 Å². The Bertz CT molecular complexity index is 316. The van der Waals surface area contributed by atoms with Crippen molar-refractivity contribution in [2.45, 2.75) is 31.8 Å². The van der Waals surface area contributed by atoms with E-state index in [2.05, 4.69) is 10.3 Å². The summed E-state index contributed by atoms with van der Waals surface area (Å²) in [5.41, 5.74) is 5.71. The van der Waals surface area contributed by atoms with Gasteiger partial charge in [-0.05, 0) is 25.7 Å². The van der Waals surface area contributed by atoms with Crippen molar-refractivity contribution in [1.29, 1.82) is 0 Å². The molecule has 1 unspecified atom stereocenters. The van der Waals surface area contributed by atoms with Crippen molar-refractivity contribution in [1.82, 2.24) is 15.0 Å². The molecule has 1 saturated carbocycles. The summed E-state index contributed by atoms with van der Waals surface area (Å²) >= 11 is 0. The van der Waals surface area contributed by atoms with Gasteiger partial charge in [-0.15, -0.1) is 5.10 Å². The van der Waals surface area contributed by atoms with Crippen LogP contribution >= 0.6 is 0 Å². The highest BCUT2D eigenvalue weighted by molar-refractivity contribution is 5.07. The molecule has 3 N–H and O–H groups in total. The van der Waals surface area contributed by atoms with Gasteiger partial charge in [-0.2, -0.15) is 0 Å². The largest absolute Gasteiger partial charge is 0.394 e. The van der Waals surface area contributed by atoms with Crippen molar-refractivity contribution in [3.05, 3.63) is 11.9 Å². The van der Waals surface area contributed by atoms with Crippen LogP contribution in [0, 0.1) is 5.92 Å². The van der Waals surface area contributed by atoms with Crippen LogP contribution in [0.4, 0.5) is 0 Å². The van der Waals surface area contributed by atoms with Crippen molar-refractivity contribution in [3.63, 3.8) is 0 Å². The molecule has 5 heteroatoms. The molecule has 0 amide bonds. The second kappa shape index (κ2) is 3.33. The second-order valence-electron chi connectivity index (χ2n) is 4.34. The van der Waals surface area contributed by atoms with Gasteiger partial charge >= 0.3 is 0 Å². The van der Waals surface area contributed by atoms with Crippen LogP contribution in [0.5, 0.6) is 0 Å². The summed E-state index contributed by atoms with van der Waals surface area (Å²) < 4.78 is 1.81. The second-order valence-corrected chi connectivity index (χ2v) is 4.34. The van der Waals surface area contributed by atoms with E-state index in [1.807, 2.05) is 10.9 Å². The molecule has 78 valence electrons. The smallest absolute Gasteiger partial charge is 0.105 e. The fourth-order valence-electron chi connectivity index (χ4n) is 1.30. The van der Waals surface area contributed by atoms with Crippen molar-refractivity contribution in [3.8, 4) is 0 Å². The number of aromatic nitrogens is 3. The molecular weight excluding hydrogens is 180 g/mol. The molecule has 1 aromatic rings. The normalized spacial score (nSPS) is 20.8. The van der Waals surface area contributed by atoms with Gasteiger partial charge in [0.2, 0.25) is 0 Å². The van der Waals surface area contributed by atoms with Gasteiger partial charge in [0.25, 0.3) is 0 Å².